The number of anilines is 1. The average Bonchev–Trinajstić information content (AvgIpc) is 3.18. The van der Waals surface area contributed by atoms with Crippen LogP contribution in [-0.4, -0.2) is 64.5 Å². The SMILES string of the molecule is C[C@H]1CN(c2ccnc3c2cnn3C)Cc2ccc(OC3CN(C4CCNCC4)C3)cc21. The topological polar surface area (TPSA) is 58.5 Å². The highest BCUT2D eigenvalue weighted by Crippen LogP contribution is 2.36. The highest BCUT2D eigenvalue weighted by Gasteiger charge is 2.34. The third kappa shape index (κ3) is 3.53. The fraction of sp³-hybridized carbons (Fsp3) is 0.520. The molecule has 0 amide bonds. The van der Waals surface area contributed by atoms with Gasteiger partial charge >= 0.3 is 0 Å². The van der Waals surface area contributed by atoms with Crippen molar-refractivity contribution in [3.63, 3.8) is 0 Å². The predicted molar refractivity (Wildman–Crippen MR) is 126 cm³/mol. The number of likely N-dealkylation sites (tertiary alicyclic amines) is 1. The smallest absolute Gasteiger partial charge is 0.159 e. The summed E-state index contributed by atoms with van der Waals surface area (Å²) in [6.07, 6.45) is 6.68. The van der Waals surface area contributed by atoms with Crippen molar-refractivity contribution >= 4 is 16.7 Å². The number of aryl methyl sites for hydroxylation is 1. The molecule has 0 aliphatic carbocycles. The van der Waals surface area contributed by atoms with Crippen LogP contribution in [0.25, 0.3) is 11.0 Å². The largest absolute Gasteiger partial charge is 0.488 e. The first-order valence-corrected chi connectivity index (χ1v) is 11.9. The number of rotatable bonds is 4. The van der Waals surface area contributed by atoms with Gasteiger partial charge in [-0.25, -0.2) is 4.98 Å². The molecule has 1 atom stereocenters. The Balaban J connectivity index is 1.15. The Morgan fingerprint density at radius 1 is 1.09 bits per heavy atom. The molecule has 2 fully saturated rings. The Hall–Kier alpha value is -2.64. The summed E-state index contributed by atoms with van der Waals surface area (Å²) in [5.41, 5.74) is 4.96. The molecule has 0 bridgehead atoms. The van der Waals surface area contributed by atoms with Crippen LogP contribution in [-0.2, 0) is 13.6 Å². The molecule has 0 unspecified atom stereocenters. The van der Waals surface area contributed by atoms with Gasteiger partial charge in [-0.15, -0.1) is 0 Å². The van der Waals surface area contributed by atoms with Crippen LogP contribution in [0.3, 0.4) is 0 Å². The van der Waals surface area contributed by atoms with E-state index in [1.54, 1.807) is 0 Å². The van der Waals surface area contributed by atoms with Crippen LogP contribution < -0.4 is 15.0 Å². The van der Waals surface area contributed by atoms with Crippen LogP contribution in [0.5, 0.6) is 5.75 Å². The molecule has 168 valence electrons. The zero-order valence-electron chi connectivity index (χ0n) is 19.0. The van der Waals surface area contributed by atoms with Gasteiger partial charge in [0.25, 0.3) is 0 Å². The van der Waals surface area contributed by atoms with Gasteiger partial charge in [0.2, 0.25) is 0 Å². The molecule has 32 heavy (non-hydrogen) atoms. The van der Waals surface area contributed by atoms with Crippen LogP contribution in [0.1, 0.15) is 36.8 Å². The number of nitrogens with zero attached hydrogens (tertiary/aromatic N) is 5. The van der Waals surface area contributed by atoms with Gasteiger partial charge in [0.1, 0.15) is 11.9 Å². The highest BCUT2D eigenvalue weighted by molar-refractivity contribution is 5.89. The van der Waals surface area contributed by atoms with Gasteiger partial charge < -0.3 is 15.0 Å². The summed E-state index contributed by atoms with van der Waals surface area (Å²) in [4.78, 5) is 9.55. The summed E-state index contributed by atoms with van der Waals surface area (Å²) < 4.78 is 8.21. The Morgan fingerprint density at radius 3 is 2.78 bits per heavy atom. The standard InChI is InChI=1S/C25H32N6O/c1-17-13-31(24-7-10-27-25-23(24)12-28-29(25)2)14-18-3-4-20(11-22(17)18)32-21-15-30(16-21)19-5-8-26-9-6-19/h3-4,7,10-12,17,19,21,26H,5-6,8-9,13-16H2,1-2H3/t17-/m0/s1. The molecule has 5 heterocycles. The third-order valence-corrected chi connectivity index (χ3v) is 7.46. The number of benzene rings is 1. The lowest BCUT2D eigenvalue weighted by atomic mass is 9.90. The van der Waals surface area contributed by atoms with Crippen LogP contribution in [0.15, 0.2) is 36.7 Å². The summed E-state index contributed by atoms with van der Waals surface area (Å²) in [5, 5.41) is 8.98. The van der Waals surface area contributed by atoms with Gasteiger partial charge in [-0.2, -0.15) is 5.10 Å². The molecule has 7 nitrogen and oxygen atoms in total. The third-order valence-electron chi connectivity index (χ3n) is 7.46. The van der Waals surface area contributed by atoms with Crippen molar-refractivity contribution in [1.29, 1.82) is 0 Å². The van der Waals surface area contributed by atoms with E-state index < -0.39 is 0 Å². The lowest BCUT2D eigenvalue weighted by Crippen LogP contribution is -2.59. The Labute approximate surface area is 189 Å². The first kappa shape index (κ1) is 20.0. The zero-order valence-corrected chi connectivity index (χ0v) is 19.0. The first-order valence-electron chi connectivity index (χ1n) is 11.9. The Morgan fingerprint density at radius 2 is 1.94 bits per heavy atom. The van der Waals surface area contributed by atoms with Crippen molar-refractivity contribution in [3.05, 3.63) is 47.8 Å². The van der Waals surface area contributed by atoms with E-state index in [1.807, 2.05) is 24.1 Å². The van der Waals surface area contributed by atoms with Crippen molar-refractivity contribution in [1.82, 2.24) is 25.0 Å². The fourth-order valence-corrected chi connectivity index (χ4v) is 5.65. The molecular weight excluding hydrogens is 400 g/mol. The lowest BCUT2D eigenvalue weighted by molar-refractivity contribution is -0.0169. The molecule has 1 N–H and O–H groups in total. The van der Waals surface area contributed by atoms with E-state index in [4.69, 9.17) is 4.74 Å². The lowest BCUT2D eigenvalue weighted by Gasteiger charge is -2.45. The van der Waals surface area contributed by atoms with Crippen molar-refractivity contribution in [2.45, 2.75) is 44.4 Å². The minimum Gasteiger partial charge on any atom is -0.488 e. The van der Waals surface area contributed by atoms with E-state index in [1.165, 1.54) is 29.7 Å². The quantitative estimate of drug-likeness (QED) is 0.684. The predicted octanol–water partition coefficient (Wildman–Crippen LogP) is 2.91. The minimum absolute atomic E-state index is 0.328. The summed E-state index contributed by atoms with van der Waals surface area (Å²) in [6, 6.07) is 9.57. The normalized spacial score (nSPS) is 22.7. The molecule has 1 aromatic carbocycles. The Kier molecular flexibility index (Phi) is 5.03. The number of nitrogens with one attached hydrogen (secondary N) is 1. The van der Waals surface area contributed by atoms with E-state index in [0.29, 0.717) is 12.0 Å². The number of hydrogen-bond acceptors (Lipinski definition) is 6. The van der Waals surface area contributed by atoms with Crippen LogP contribution in [0, 0.1) is 0 Å². The number of pyridine rings is 1. The number of piperidine rings is 1. The maximum atomic E-state index is 6.37. The number of hydrogen-bond donors (Lipinski definition) is 1. The molecule has 3 aromatic rings. The Bertz CT molecular complexity index is 1110. The molecule has 3 aliphatic heterocycles. The van der Waals surface area contributed by atoms with Gasteiger partial charge in [0.15, 0.2) is 5.65 Å². The zero-order chi connectivity index (χ0) is 21.7. The fourth-order valence-electron chi connectivity index (χ4n) is 5.65. The highest BCUT2D eigenvalue weighted by atomic mass is 16.5. The van der Waals surface area contributed by atoms with Crippen LogP contribution >= 0.6 is 0 Å². The van der Waals surface area contributed by atoms with Gasteiger partial charge in [0, 0.05) is 45.5 Å². The second kappa shape index (κ2) is 8.05. The van der Waals surface area contributed by atoms with Crippen molar-refractivity contribution in [2.24, 2.45) is 7.05 Å². The van der Waals surface area contributed by atoms with Crippen molar-refractivity contribution < 1.29 is 4.74 Å². The maximum absolute atomic E-state index is 6.37. The van der Waals surface area contributed by atoms with Gasteiger partial charge in [0.05, 0.1) is 17.3 Å². The molecule has 3 aliphatic rings. The summed E-state index contributed by atoms with van der Waals surface area (Å²) in [7, 11) is 1.95. The van der Waals surface area contributed by atoms with Crippen LogP contribution in [0.4, 0.5) is 5.69 Å². The van der Waals surface area contributed by atoms with Gasteiger partial charge in [-0.05, 0) is 61.2 Å². The van der Waals surface area contributed by atoms with E-state index in [9.17, 15) is 0 Å². The second-order valence-electron chi connectivity index (χ2n) is 9.65. The summed E-state index contributed by atoms with van der Waals surface area (Å²) >= 11 is 0. The first-order chi connectivity index (χ1) is 15.7. The molecule has 2 aromatic heterocycles. The summed E-state index contributed by atoms with van der Waals surface area (Å²) in [6.45, 7) is 8.63. The van der Waals surface area contributed by atoms with Gasteiger partial charge in [-0.3, -0.25) is 9.58 Å². The molecule has 0 saturated carbocycles. The molecular formula is C25H32N6O. The molecule has 2 saturated heterocycles. The molecule has 7 heteroatoms. The van der Waals surface area contributed by atoms with E-state index >= 15 is 0 Å². The molecule has 0 radical (unpaired) electrons. The van der Waals surface area contributed by atoms with E-state index in [-0.39, 0.29) is 0 Å². The van der Waals surface area contributed by atoms with E-state index in [2.05, 4.69) is 56.4 Å². The monoisotopic (exact) mass is 432 g/mol. The number of aromatic nitrogens is 3. The molecule has 0 spiro atoms. The summed E-state index contributed by atoms with van der Waals surface area (Å²) in [5.74, 6) is 1.47. The average molecular weight is 433 g/mol. The molecule has 6 rings (SSSR count). The number of ether oxygens (including phenoxy) is 1. The van der Waals surface area contributed by atoms with Gasteiger partial charge in [-0.1, -0.05) is 13.0 Å². The van der Waals surface area contributed by atoms with Crippen molar-refractivity contribution in [3.8, 4) is 5.75 Å². The maximum Gasteiger partial charge on any atom is 0.159 e. The van der Waals surface area contributed by atoms with Crippen LogP contribution in [0.2, 0.25) is 0 Å². The second-order valence-corrected chi connectivity index (χ2v) is 9.65. The minimum atomic E-state index is 0.328. The van der Waals surface area contributed by atoms with Crippen molar-refractivity contribution in [2.75, 3.05) is 37.6 Å². The van der Waals surface area contributed by atoms with E-state index in [0.717, 1.165) is 62.1 Å². The number of fused-ring (bicyclic) bond motifs is 2.